The van der Waals surface area contributed by atoms with Crippen LogP contribution < -0.4 is 4.90 Å². The van der Waals surface area contributed by atoms with Gasteiger partial charge >= 0.3 is 6.18 Å². The van der Waals surface area contributed by atoms with E-state index in [1.54, 1.807) is 0 Å². The normalized spacial score (nSPS) is 19.0. The number of aliphatic hydroxyl groups excluding tert-OH is 1. The van der Waals surface area contributed by atoms with Crippen LogP contribution in [0.1, 0.15) is 49.6 Å². The summed E-state index contributed by atoms with van der Waals surface area (Å²) in [5, 5.41) is 10.2. The molecule has 0 bridgehead atoms. The minimum atomic E-state index is -4.09. The van der Waals surface area contributed by atoms with E-state index in [4.69, 9.17) is 0 Å². The molecule has 1 aliphatic rings. The van der Waals surface area contributed by atoms with Crippen molar-refractivity contribution in [3.8, 4) is 0 Å². The number of hydrogen-bond acceptors (Lipinski definition) is 4. The maximum Gasteiger partial charge on any atom is 0.391 e. The largest absolute Gasteiger partial charge is 0.391 e. The molecule has 0 amide bonds. The number of aliphatic hydroxyl groups is 1. The lowest BCUT2D eigenvalue weighted by molar-refractivity contribution is -0.179. The average molecular weight is 322 g/mol. The van der Waals surface area contributed by atoms with Gasteiger partial charge in [0.2, 0.25) is 0 Å². The van der Waals surface area contributed by atoms with Crippen molar-refractivity contribution in [1.82, 2.24) is 4.98 Å². The second kappa shape index (κ2) is 6.52. The summed E-state index contributed by atoms with van der Waals surface area (Å²) in [5.41, 5.74) is 0.887. The van der Waals surface area contributed by atoms with Crippen LogP contribution in [0.5, 0.6) is 0 Å². The second-order valence-electron chi connectivity index (χ2n) is 5.58. The molecule has 3 nitrogen and oxygen atoms in total. The lowest BCUT2D eigenvalue weighted by atomic mass is 9.97. The van der Waals surface area contributed by atoms with Crippen molar-refractivity contribution >= 4 is 16.5 Å². The molecule has 0 saturated carbocycles. The summed E-state index contributed by atoms with van der Waals surface area (Å²) in [6.45, 7) is 4.80. The van der Waals surface area contributed by atoms with E-state index in [2.05, 4.69) is 11.9 Å². The van der Waals surface area contributed by atoms with Crippen molar-refractivity contribution < 1.29 is 18.3 Å². The van der Waals surface area contributed by atoms with E-state index in [1.807, 2.05) is 11.8 Å². The quantitative estimate of drug-likeness (QED) is 0.912. The zero-order valence-electron chi connectivity index (χ0n) is 12.3. The van der Waals surface area contributed by atoms with Crippen molar-refractivity contribution in [1.29, 1.82) is 0 Å². The number of piperidine rings is 1. The highest BCUT2D eigenvalue weighted by Gasteiger charge is 2.41. The molecule has 0 aromatic carbocycles. The number of thiazole rings is 1. The Kier molecular flexibility index (Phi) is 5.14. The third-order valence-electron chi connectivity index (χ3n) is 4.17. The van der Waals surface area contributed by atoms with Crippen molar-refractivity contribution in [2.24, 2.45) is 5.92 Å². The van der Waals surface area contributed by atoms with Crippen LogP contribution in [0.4, 0.5) is 18.3 Å². The van der Waals surface area contributed by atoms with Gasteiger partial charge in [-0.2, -0.15) is 13.2 Å². The van der Waals surface area contributed by atoms with Gasteiger partial charge in [0.05, 0.1) is 23.1 Å². The number of halogens is 3. The highest BCUT2D eigenvalue weighted by molar-refractivity contribution is 7.15. The maximum atomic E-state index is 12.7. The highest BCUT2D eigenvalue weighted by Crippen LogP contribution is 2.38. The van der Waals surface area contributed by atoms with Gasteiger partial charge < -0.3 is 10.0 Å². The monoisotopic (exact) mass is 322 g/mol. The van der Waals surface area contributed by atoms with Crippen LogP contribution >= 0.6 is 11.3 Å². The molecule has 1 atom stereocenters. The van der Waals surface area contributed by atoms with E-state index in [9.17, 15) is 18.3 Å². The fraction of sp³-hybridized carbons (Fsp3) is 0.786. The van der Waals surface area contributed by atoms with Crippen LogP contribution in [0, 0.1) is 5.92 Å². The fourth-order valence-corrected chi connectivity index (χ4v) is 3.67. The van der Waals surface area contributed by atoms with Gasteiger partial charge in [-0.1, -0.05) is 25.2 Å². The van der Waals surface area contributed by atoms with Crippen LogP contribution in [0.25, 0.3) is 0 Å². The van der Waals surface area contributed by atoms with Gasteiger partial charge in [0, 0.05) is 13.1 Å². The van der Waals surface area contributed by atoms with Crippen LogP contribution in [-0.4, -0.2) is 29.4 Å². The lowest BCUT2D eigenvalue weighted by Gasteiger charge is -2.32. The first kappa shape index (κ1) is 16.5. The zero-order valence-corrected chi connectivity index (χ0v) is 13.1. The summed E-state index contributed by atoms with van der Waals surface area (Å²) in [5.74, 6) is -0.940. The first-order valence-electron chi connectivity index (χ1n) is 7.28. The van der Waals surface area contributed by atoms with Crippen LogP contribution in [0.2, 0.25) is 0 Å². The molecule has 120 valence electrons. The minimum absolute atomic E-state index is 0.0592. The number of alkyl halides is 3. The standard InChI is InChI=1S/C14H21F3N2OS/c1-3-9(2)12-11(8-20)21-13(18-12)19-6-4-10(5-7-19)14(15,16)17/h9-10,20H,3-8H2,1-2H3. The first-order valence-corrected chi connectivity index (χ1v) is 8.10. The van der Waals surface area contributed by atoms with Gasteiger partial charge in [-0.15, -0.1) is 0 Å². The predicted octanol–water partition coefficient (Wildman–Crippen LogP) is 3.93. The van der Waals surface area contributed by atoms with E-state index in [1.165, 1.54) is 11.3 Å². The van der Waals surface area contributed by atoms with Gasteiger partial charge in [0.15, 0.2) is 5.13 Å². The molecular weight excluding hydrogens is 301 g/mol. The molecule has 1 unspecified atom stereocenters. The summed E-state index contributed by atoms with van der Waals surface area (Å²) < 4.78 is 38.0. The summed E-state index contributed by atoms with van der Waals surface area (Å²) in [6.07, 6.45) is -2.92. The fourth-order valence-electron chi connectivity index (χ4n) is 2.58. The maximum absolute atomic E-state index is 12.7. The Balaban J connectivity index is 2.08. The Morgan fingerprint density at radius 2 is 2.00 bits per heavy atom. The molecule has 1 N–H and O–H groups in total. The van der Waals surface area contributed by atoms with Gasteiger partial charge in [-0.05, 0) is 25.2 Å². The van der Waals surface area contributed by atoms with E-state index < -0.39 is 12.1 Å². The molecule has 1 aromatic rings. The molecule has 0 radical (unpaired) electrons. The Morgan fingerprint density at radius 3 is 2.48 bits per heavy atom. The van der Waals surface area contributed by atoms with Crippen LogP contribution in [-0.2, 0) is 6.61 Å². The number of aromatic nitrogens is 1. The predicted molar refractivity (Wildman–Crippen MR) is 77.7 cm³/mol. The SMILES string of the molecule is CCC(C)c1nc(N2CCC(C(F)(F)F)CC2)sc1CO. The minimum Gasteiger partial charge on any atom is -0.391 e. The number of nitrogens with zero attached hydrogens (tertiary/aromatic N) is 2. The Hall–Kier alpha value is -0.820. The highest BCUT2D eigenvalue weighted by atomic mass is 32.1. The number of anilines is 1. The Bertz CT molecular complexity index is 467. The smallest absolute Gasteiger partial charge is 0.391 e. The van der Waals surface area contributed by atoms with E-state index in [0.717, 1.165) is 22.1 Å². The molecular formula is C14H21F3N2OS. The molecule has 0 spiro atoms. The molecule has 1 saturated heterocycles. The van der Waals surface area contributed by atoms with Crippen LogP contribution in [0.3, 0.4) is 0 Å². The molecule has 1 aromatic heterocycles. The van der Waals surface area contributed by atoms with Crippen molar-refractivity contribution in [3.05, 3.63) is 10.6 Å². The average Bonchev–Trinajstić information content (AvgIpc) is 2.90. The van der Waals surface area contributed by atoms with Crippen molar-refractivity contribution in [3.63, 3.8) is 0 Å². The van der Waals surface area contributed by atoms with Gasteiger partial charge in [-0.25, -0.2) is 4.98 Å². The molecule has 21 heavy (non-hydrogen) atoms. The third kappa shape index (κ3) is 3.69. The van der Waals surface area contributed by atoms with Gasteiger partial charge in [-0.3, -0.25) is 0 Å². The van der Waals surface area contributed by atoms with Gasteiger partial charge in [0.1, 0.15) is 0 Å². The number of hydrogen-bond donors (Lipinski definition) is 1. The summed E-state index contributed by atoms with van der Waals surface area (Å²) in [7, 11) is 0. The molecule has 1 aliphatic heterocycles. The van der Waals surface area contributed by atoms with Gasteiger partial charge in [0.25, 0.3) is 0 Å². The summed E-state index contributed by atoms with van der Waals surface area (Å²) in [4.78, 5) is 7.31. The second-order valence-corrected chi connectivity index (χ2v) is 6.64. The Labute approximate surface area is 126 Å². The third-order valence-corrected chi connectivity index (χ3v) is 5.28. The lowest BCUT2D eigenvalue weighted by Crippen LogP contribution is -2.39. The van der Waals surface area contributed by atoms with E-state index >= 15 is 0 Å². The summed E-state index contributed by atoms with van der Waals surface area (Å²) >= 11 is 1.40. The number of rotatable bonds is 4. The van der Waals surface area contributed by atoms with E-state index in [0.29, 0.717) is 13.1 Å². The van der Waals surface area contributed by atoms with E-state index in [-0.39, 0.29) is 25.4 Å². The topological polar surface area (TPSA) is 36.4 Å². The molecule has 7 heteroatoms. The molecule has 2 rings (SSSR count). The summed E-state index contributed by atoms with van der Waals surface area (Å²) in [6, 6.07) is 0. The van der Waals surface area contributed by atoms with Crippen molar-refractivity contribution in [2.45, 2.75) is 51.8 Å². The first-order chi connectivity index (χ1) is 9.86. The van der Waals surface area contributed by atoms with Crippen molar-refractivity contribution in [2.75, 3.05) is 18.0 Å². The zero-order chi connectivity index (χ0) is 15.6. The van der Waals surface area contributed by atoms with Crippen LogP contribution in [0.15, 0.2) is 0 Å². The molecule has 2 heterocycles. The Morgan fingerprint density at radius 1 is 1.38 bits per heavy atom. The molecule has 1 fully saturated rings. The molecule has 0 aliphatic carbocycles.